The van der Waals surface area contributed by atoms with Gasteiger partial charge < -0.3 is 10.1 Å². The normalized spacial score (nSPS) is 10.9. The Hall–Kier alpha value is -1.32. The van der Waals surface area contributed by atoms with Gasteiger partial charge in [0.15, 0.2) is 0 Å². The van der Waals surface area contributed by atoms with E-state index in [1.165, 1.54) is 11.1 Å². The van der Waals surface area contributed by atoms with Crippen LogP contribution in [0, 0.1) is 5.92 Å². The van der Waals surface area contributed by atoms with Crippen LogP contribution >= 0.6 is 11.3 Å². The van der Waals surface area contributed by atoms with E-state index in [0.29, 0.717) is 5.92 Å². The number of rotatable bonds is 8. The molecule has 20 heavy (non-hydrogen) atoms. The predicted molar refractivity (Wildman–Crippen MR) is 86.5 cm³/mol. The average Bonchev–Trinajstić information content (AvgIpc) is 2.92. The lowest BCUT2D eigenvalue weighted by Crippen LogP contribution is -2.18. The van der Waals surface area contributed by atoms with Crippen LogP contribution in [0.1, 0.15) is 25.0 Å². The lowest BCUT2D eigenvalue weighted by molar-refractivity contribution is 0.321. The molecule has 2 nitrogen and oxygen atoms in total. The summed E-state index contributed by atoms with van der Waals surface area (Å²) in [5.41, 5.74) is 2.63. The first-order chi connectivity index (χ1) is 9.74. The molecule has 0 bridgehead atoms. The Bertz CT molecular complexity index is 493. The molecule has 0 saturated heterocycles. The number of ether oxygens (including phenoxy) is 1. The fourth-order valence-electron chi connectivity index (χ4n) is 1.97. The summed E-state index contributed by atoms with van der Waals surface area (Å²) in [5, 5.41) is 7.74. The molecule has 1 N–H and O–H groups in total. The molecule has 108 valence electrons. The summed E-state index contributed by atoms with van der Waals surface area (Å²) in [5.74, 6) is 1.64. The third-order valence-electron chi connectivity index (χ3n) is 3.02. The van der Waals surface area contributed by atoms with E-state index in [0.717, 1.165) is 31.9 Å². The molecule has 0 fully saturated rings. The summed E-state index contributed by atoms with van der Waals surface area (Å²) in [6.45, 7) is 7.12. The van der Waals surface area contributed by atoms with Gasteiger partial charge in [-0.05, 0) is 52.5 Å². The van der Waals surface area contributed by atoms with Gasteiger partial charge in [0.25, 0.3) is 0 Å². The van der Waals surface area contributed by atoms with Gasteiger partial charge in [0.1, 0.15) is 5.75 Å². The molecule has 0 radical (unpaired) electrons. The van der Waals surface area contributed by atoms with Crippen LogP contribution in [0.25, 0.3) is 0 Å². The van der Waals surface area contributed by atoms with Crippen molar-refractivity contribution in [1.29, 1.82) is 0 Å². The zero-order chi connectivity index (χ0) is 14.2. The largest absolute Gasteiger partial charge is 0.493 e. The Morgan fingerprint density at radius 3 is 2.85 bits per heavy atom. The van der Waals surface area contributed by atoms with Gasteiger partial charge in [-0.2, -0.15) is 11.3 Å². The molecule has 1 aromatic heterocycles. The molecule has 0 aliphatic heterocycles. The molecular weight excluding hydrogens is 266 g/mol. The van der Waals surface area contributed by atoms with E-state index in [-0.39, 0.29) is 0 Å². The van der Waals surface area contributed by atoms with Crippen LogP contribution in [0.2, 0.25) is 0 Å². The zero-order valence-corrected chi connectivity index (χ0v) is 13.1. The third kappa shape index (κ3) is 5.35. The summed E-state index contributed by atoms with van der Waals surface area (Å²) in [4.78, 5) is 0. The maximum atomic E-state index is 5.82. The van der Waals surface area contributed by atoms with E-state index in [2.05, 4.69) is 54.2 Å². The van der Waals surface area contributed by atoms with Gasteiger partial charge in [0, 0.05) is 13.0 Å². The molecule has 2 aromatic rings. The fourth-order valence-corrected chi connectivity index (χ4v) is 2.68. The quantitative estimate of drug-likeness (QED) is 0.789. The molecule has 0 aliphatic carbocycles. The molecule has 2 rings (SSSR count). The lowest BCUT2D eigenvalue weighted by atomic mass is 10.2. The van der Waals surface area contributed by atoms with Crippen LogP contribution in [0.3, 0.4) is 0 Å². The monoisotopic (exact) mass is 289 g/mol. The van der Waals surface area contributed by atoms with Crippen LogP contribution in [0.5, 0.6) is 5.75 Å². The molecule has 1 heterocycles. The predicted octanol–water partition coefficient (Wildman–Crippen LogP) is 4.12. The van der Waals surface area contributed by atoms with Crippen molar-refractivity contribution in [3.05, 3.63) is 52.2 Å². The molecule has 0 amide bonds. The maximum Gasteiger partial charge on any atom is 0.119 e. The molecular formula is C17H23NOS. The number of nitrogens with one attached hydrogen (secondary N) is 1. The second-order valence-corrected chi connectivity index (χ2v) is 6.18. The van der Waals surface area contributed by atoms with Crippen molar-refractivity contribution in [3.63, 3.8) is 0 Å². The first-order valence-electron chi connectivity index (χ1n) is 7.17. The SMILES string of the molecule is CC(C)CNCc1cccc(OCCc2ccsc2)c1. The van der Waals surface area contributed by atoms with Gasteiger partial charge in [0.05, 0.1) is 6.61 Å². The minimum atomic E-state index is 0.681. The summed E-state index contributed by atoms with van der Waals surface area (Å²) < 4.78 is 5.82. The first kappa shape index (κ1) is 15.1. The van der Waals surface area contributed by atoms with E-state index in [9.17, 15) is 0 Å². The van der Waals surface area contributed by atoms with Gasteiger partial charge >= 0.3 is 0 Å². The highest BCUT2D eigenvalue weighted by atomic mass is 32.1. The second-order valence-electron chi connectivity index (χ2n) is 5.40. The van der Waals surface area contributed by atoms with Crippen molar-refractivity contribution < 1.29 is 4.74 Å². The summed E-state index contributed by atoms with van der Waals surface area (Å²) in [6.07, 6.45) is 0.972. The summed E-state index contributed by atoms with van der Waals surface area (Å²) >= 11 is 1.74. The summed E-state index contributed by atoms with van der Waals surface area (Å²) in [7, 11) is 0. The molecule has 1 aromatic carbocycles. The van der Waals surface area contributed by atoms with E-state index >= 15 is 0 Å². The van der Waals surface area contributed by atoms with Gasteiger partial charge in [-0.3, -0.25) is 0 Å². The summed E-state index contributed by atoms with van der Waals surface area (Å²) in [6, 6.07) is 10.5. The van der Waals surface area contributed by atoms with Crippen LogP contribution in [-0.4, -0.2) is 13.2 Å². The number of benzene rings is 1. The Balaban J connectivity index is 1.77. The fraction of sp³-hybridized carbons (Fsp3) is 0.412. The highest BCUT2D eigenvalue weighted by Gasteiger charge is 1.99. The molecule has 3 heteroatoms. The van der Waals surface area contributed by atoms with Gasteiger partial charge in [-0.25, -0.2) is 0 Å². The molecule has 0 aliphatic rings. The van der Waals surface area contributed by atoms with Crippen molar-refractivity contribution in [2.75, 3.05) is 13.2 Å². The van der Waals surface area contributed by atoms with Gasteiger partial charge in [-0.1, -0.05) is 26.0 Å². The third-order valence-corrected chi connectivity index (χ3v) is 3.75. The molecule has 0 unspecified atom stereocenters. The smallest absolute Gasteiger partial charge is 0.119 e. The Morgan fingerprint density at radius 1 is 1.20 bits per heavy atom. The topological polar surface area (TPSA) is 21.3 Å². The van der Waals surface area contributed by atoms with Crippen molar-refractivity contribution in [1.82, 2.24) is 5.32 Å². The van der Waals surface area contributed by atoms with Crippen LogP contribution in [0.4, 0.5) is 0 Å². The minimum Gasteiger partial charge on any atom is -0.493 e. The second kappa shape index (κ2) is 8.08. The highest BCUT2D eigenvalue weighted by molar-refractivity contribution is 7.07. The Kier molecular flexibility index (Phi) is 6.09. The maximum absolute atomic E-state index is 5.82. The van der Waals surface area contributed by atoms with E-state index in [1.807, 2.05) is 6.07 Å². The van der Waals surface area contributed by atoms with Gasteiger partial charge in [0.2, 0.25) is 0 Å². The average molecular weight is 289 g/mol. The van der Waals surface area contributed by atoms with Crippen molar-refractivity contribution in [2.24, 2.45) is 5.92 Å². The number of hydrogen-bond acceptors (Lipinski definition) is 3. The zero-order valence-electron chi connectivity index (χ0n) is 12.3. The van der Waals surface area contributed by atoms with Crippen LogP contribution < -0.4 is 10.1 Å². The first-order valence-corrected chi connectivity index (χ1v) is 8.12. The number of hydrogen-bond donors (Lipinski definition) is 1. The molecule has 0 saturated carbocycles. The standard InChI is InChI=1S/C17H23NOS/c1-14(2)11-18-12-16-4-3-5-17(10-16)19-8-6-15-7-9-20-13-15/h3-5,7,9-10,13-14,18H,6,8,11-12H2,1-2H3. The molecule has 0 atom stereocenters. The van der Waals surface area contributed by atoms with Crippen molar-refractivity contribution >= 4 is 11.3 Å². The van der Waals surface area contributed by atoms with E-state index < -0.39 is 0 Å². The Labute approximate surface area is 125 Å². The van der Waals surface area contributed by atoms with Crippen LogP contribution in [0.15, 0.2) is 41.1 Å². The van der Waals surface area contributed by atoms with Gasteiger partial charge in [-0.15, -0.1) is 0 Å². The molecule has 0 spiro atoms. The minimum absolute atomic E-state index is 0.681. The highest BCUT2D eigenvalue weighted by Crippen LogP contribution is 2.14. The van der Waals surface area contributed by atoms with Crippen molar-refractivity contribution in [2.45, 2.75) is 26.8 Å². The lowest BCUT2D eigenvalue weighted by Gasteiger charge is -2.10. The number of thiophene rings is 1. The Morgan fingerprint density at radius 2 is 2.10 bits per heavy atom. The van der Waals surface area contributed by atoms with E-state index in [4.69, 9.17) is 4.74 Å². The van der Waals surface area contributed by atoms with E-state index in [1.54, 1.807) is 11.3 Å². The van der Waals surface area contributed by atoms with Crippen LogP contribution in [-0.2, 0) is 13.0 Å². The van der Waals surface area contributed by atoms with Crippen molar-refractivity contribution in [3.8, 4) is 5.75 Å².